The van der Waals surface area contributed by atoms with Crippen molar-refractivity contribution in [2.45, 2.75) is 35.9 Å². The van der Waals surface area contributed by atoms with Crippen molar-refractivity contribution < 1.29 is 35.9 Å². The SMILES string of the molecule is COC(=O)CC[C@H]1CN(S(=O)(=O)c2cccc(C(F)(F)F)c2)c2cc(C3CN(c4c(Cl)cccc4Cl)C3)ccc2O1. The quantitative estimate of drug-likeness (QED) is 0.277. The molecular formula is C28H25Cl2F3N2O5S. The molecule has 13 heteroatoms. The zero-order valence-electron chi connectivity index (χ0n) is 21.7. The number of hydrogen-bond acceptors (Lipinski definition) is 6. The van der Waals surface area contributed by atoms with E-state index in [1.54, 1.807) is 30.3 Å². The summed E-state index contributed by atoms with van der Waals surface area (Å²) in [6.07, 6.45) is -5.31. The van der Waals surface area contributed by atoms with Crippen LogP contribution in [0, 0.1) is 0 Å². The Balaban J connectivity index is 1.47. The molecule has 7 nitrogen and oxygen atoms in total. The van der Waals surface area contributed by atoms with Crippen LogP contribution in [0.25, 0.3) is 0 Å². The predicted molar refractivity (Wildman–Crippen MR) is 149 cm³/mol. The van der Waals surface area contributed by atoms with E-state index in [1.165, 1.54) is 7.11 Å². The molecule has 2 aliphatic heterocycles. The zero-order valence-corrected chi connectivity index (χ0v) is 24.0. The van der Waals surface area contributed by atoms with Crippen LogP contribution < -0.4 is 13.9 Å². The van der Waals surface area contributed by atoms with E-state index < -0.39 is 38.7 Å². The number of methoxy groups -OCH3 is 1. The molecule has 3 aromatic carbocycles. The number of rotatable bonds is 7. The predicted octanol–water partition coefficient (Wildman–Crippen LogP) is 6.53. The smallest absolute Gasteiger partial charge is 0.416 e. The van der Waals surface area contributed by atoms with Crippen molar-refractivity contribution in [2.75, 3.05) is 35.9 Å². The molecule has 3 aromatic rings. The molecule has 2 heterocycles. The first kappa shape index (κ1) is 29.3. The second-order valence-electron chi connectivity index (χ2n) is 9.82. The van der Waals surface area contributed by atoms with Gasteiger partial charge < -0.3 is 14.4 Å². The van der Waals surface area contributed by atoms with Crippen LogP contribution in [-0.2, 0) is 25.7 Å². The molecule has 41 heavy (non-hydrogen) atoms. The summed E-state index contributed by atoms with van der Waals surface area (Å²) in [6.45, 7) is 0.953. The number of sulfonamides is 1. The standard InChI is InChI=1S/C28H25Cl2F3N2O5S/c1-39-26(36)11-9-20-16-35(41(37,38)21-5-2-4-19(13-21)28(31,32)33)24-12-17(8-10-25(24)40-20)18-14-34(15-18)27-22(29)6-3-7-23(27)30/h2-8,10,12-13,18,20H,9,11,14-16H2,1H3/t20-/m0/s1. The van der Waals surface area contributed by atoms with Gasteiger partial charge in [-0.25, -0.2) is 8.42 Å². The Kier molecular flexibility index (Phi) is 8.06. The summed E-state index contributed by atoms with van der Waals surface area (Å²) >= 11 is 12.7. The van der Waals surface area contributed by atoms with Crippen LogP contribution in [0.4, 0.5) is 24.5 Å². The first-order valence-corrected chi connectivity index (χ1v) is 14.8. The molecule has 1 fully saturated rings. The average Bonchev–Trinajstić information content (AvgIpc) is 2.91. The first-order chi connectivity index (χ1) is 19.4. The second kappa shape index (κ2) is 11.3. The van der Waals surface area contributed by atoms with Gasteiger partial charge in [-0.3, -0.25) is 9.10 Å². The molecule has 0 N–H and O–H groups in total. The topological polar surface area (TPSA) is 76.2 Å². The molecule has 0 bridgehead atoms. The molecule has 0 aliphatic carbocycles. The maximum absolute atomic E-state index is 13.8. The third kappa shape index (κ3) is 5.93. The number of benzene rings is 3. The number of alkyl halides is 3. The van der Waals surface area contributed by atoms with Crippen molar-refractivity contribution in [3.63, 3.8) is 0 Å². The van der Waals surface area contributed by atoms with Crippen molar-refractivity contribution >= 4 is 50.6 Å². The summed E-state index contributed by atoms with van der Waals surface area (Å²) in [7, 11) is -3.20. The van der Waals surface area contributed by atoms with Gasteiger partial charge in [0.1, 0.15) is 11.9 Å². The zero-order chi connectivity index (χ0) is 29.5. The number of para-hydroxylation sites is 1. The van der Waals surface area contributed by atoms with Gasteiger partial charge >= 0.3 is 12.1 Å². The molecule has 0 unspecified atom stereocenters. The van der Waals surface area contributed by atoms with E-state index in [2.05, 4.69) is 4.74 Å². The average molecular weight is 629 g/mol. The van der Waals surface area contributed by atoms with Crippen LogP contribution in [-0.4, -0.2) is 47.2 Å². The van der Waals surface area contributed by atoms with Crippen molar-refractivity contribution in [3.8, 4) is 5.75 Å². The number of halogens is 5. The van der Waals surface area contributed by atoms with Crippen LogP contribution >= 0.6 is 23.2 Å². The van der Waals surface area contributed by atoms with Gasteiger partial charge in [0.15, 0.2) is 0 Å². The monoisotopic (exact) mass is 628 g/mol. The Bertz CT molecular complexity index is 1560. The highest BCUT2D eigenvalue weighted by molar-refractivity contribution is 7.92. The van der Waals surface area contributed by atoms with Gasteiger partial charge in [0.2, 0.25) is 0 Å². The summed E-state index contributed by atoms with van der Waals surface area (Å²) in [5.41, 5.74) is 0.680. The molecule has 1 atom stereocenters. The number of ether oxygens (including phenoxy) is 2. The normalized spacial score (nSPS) is 17.5. The minimum Gasteiger partial charge on any atom is -0.486 e. The van der Waals surface area contributed by atoms with E-state index in [4.69, 9.17) is 27.9 Å². The van der Waals surface area contributed by atoms with Crippen LogP contribution in [0.3, 0.4) is 0 Å². The third-order valence-corrected chi connectivity index (χ3v) is 9.55. The lowest BCUT2D eigenvalue weighted by molar-refractivity contribution is -0.141. The number of anilines is 2. The number of nitrogens with zero attached hydrogens (tertiary/aromatic N) is 2. The number of carbonyl (C=O) groups is 1. The Morgan fingerprint density at radius 2 is 1.71 bits per heavy atom. The lowest BCUT2D eigenvalue weighted by atomic mass is 9.90. The lowest BCUT2D eigenvalue weighted by Gasteiger charge is -2.43. The molecule has 0 saturated carbocycles. The molecular weight excluding hydrogens is 604 g/mol. The largest absolute Gasteiger partial charge is 0.486 e. The van der Waals surface area contributed by atoms with Gasteiger partial charge in [-0.05, 0) is 54.4 Å². The number of carbonyl (C=O) groups excluding carboxylic acids is 1. The van der Waals surface area contributed by atoms with Gasteiger partial charge in [-0.15, -0.1) is 0 Å². The van der Waals surface area contributed by atoms with Gasteiger partial charge in [0.25, 0.3) is 10.0 Å². The van der Waals surface area contributed by atoms with Crippen molar-refractivity contribution in [2.24, 2.45) is 0 Å². The summed E-state index contributed by atoms with van der Waals surface area (Å²) in [6, 6.07) is 14.0. The van der Waals surface area contributed by atoms with Gasteiger partial charge in [0.05, 0.1) is 45.5 Å². The highest BCUT2D eigenvalue weighted by atomic mass is 35.5. The minimum atomic E-state index is -4.72. The molecule has 0 radical (unpaired) electrons. The summed E-state index contributed by atoms with van der Waals surface area (Å²) in [4.78, 5) is 13.2. The van der Waals surface area contributed by atoms with E-state index in [1.807, 2.05) is 11.0 Å². The minimum absolute atomic E-state index is 0.0165. The second-order valence-corrected chi connectivity index (χ2v) is 12.5. The fourth-order valence-electron chi connectivity index (χ4n) is 4.96. The van der Waals surface area contributed by atoms with E-state index in [0.717, 1.165) is 33.8 Å². The van der Waals surface area contributed by atoms with E-state index in [9.17, 15) is 26.4 Å². The summed E-state index contributed by atoms with van der Waals surface area (Å²) in [5, 5.41) is 1.04. The van der Waals surface area contributed by atoms with Crippen molar-refractivity contribution in [3.05, 3.63) is 81.8 Å². The number of esters is 1. The molecule has 218 valence electrons. The molecule has 0 spiro atoms. The van der Waals surface area contributed by atoms with E-state index in [0.29, 0.717) is 29.2 Å². The summed E-state index contributed by atoms with van der Waals surface area (Å²) < 4.78 is 79.6. The molecule has 2 aliphatic rings. The van der Waals surface area contributed by atoms with Crippen molar-refractivity contribution in [1.82, 2.24) is 0 Å². The molecule has 0 amide bonds. The van der Waals surface area contributed by atoms with Crippen LogP contribution in [0.15, 0.2) is 65.6 Å². The molecule has 0 aromatic heterocycles. The van der Waals surface area contributed by atoms with Gasteiger partial charge in [-0.2, -0.15) is 13.2 Å². The fourth-order valence-corrected chi connectivity index (χ4v) is 7.15. The Morgan fingerprint density at radius 1 is 1.02 bits per heavy atom. The summed E-state index contributed by atoms with van der Waals surface area (Å²) in [5.74, 6) is -0.228. The fraction of sp³-hybridized carbons (Fsp3) is 0.321. The maximum Gasteiger partial charge on any atom is 0.416 e. The highest BCUT2D eigenvalue weighted by Gasteiger charge is 2.38. The first-order valence-electron chi connectivity index (χ1n) is 12.6. The van der Waals surface area contributed by atoms with Gasteiger partial charge in [0, 0.05) is 25.4 Å². The Labute approximate surface area is 245 Å². The highest BCUT2D eigenvalue weighted by Crippen LogP contribution is 2.44. The van der Waals surface area contributed by atoms with E-state index in [-0.39, 0.29) is 36.7 Å². The lowest BCUT2D eigenvalue weighted by Crippen LogP contribution is -2.46. The van der Waals surface area contributed by atoms with Crippen molar-refractivity contribution in [1.29, 1.82) is 0 Å². The maximum atomic E-state index is 13.8. The number of fused-ring (bicyclic) bond motifs is 1. The van der Waals surface area contributed by atoms with Crippen LogP contribution in [0.2, 0.25) is 10.0 Å². The third-order valence-electron chi connectivity index (χ3n) is 7.17. The Morgan fingerprint density at radius 3 is 2.37 bits per heavy atom. The van der Waals surface area contributed by atoms with E-state index >= 15 is 0 Å². The molecule has 1 saturated heterocycles. The van der Waals surface area contributed by atoms with Gasteiger partial charge in [-0.1, -0.05) is 41.4 Å². The van der Waals surface area contributed by atoms with Crippen LogP contribution in [0.1, 0.15) is 29.9 Å². The molecule has 5 rings (SSSR count). The van der Waals surface area contributed by atoms with Crippen LogP contribution in [0.5, 0.6) is 5.75 Å². The Hall–Kier alpha value is -3.15. The number of hydrogen-bond donors (Lipinski definition) is 0.